The van der Waals surface area contributed by atoms with Crippen molar-refractivity contribution >= 4 is 23.3 Å². The third-order valence-corrected chi connectivity index (χ3v) is 5.55. The summed E-state index contributed by atoms with van der Waals surface area (Å²) in [5.41, 5.74) is 1.51. The molecule has 27 heavy (non-hydrogen) atoms. The molecule has 1 aromatic carbocycles. The van der Waals surface area contributed by atoms with E-state index in [4.69, 9.17) is 0 Å². The van der Waals surface area contributed by atoms with Gasteiger partial charge < -0.3 is 25.5 Å². The van der Waals surface area contributed by atoms with Gasteiger partial charge in [0.1, 0.15) is 0 Å². The Balaban J connectivity index is 1.44. The topological polar surface area (TPSA) is 84.9 Å². The van der Waals surface area contributed by atoms with Crippen molar-refractivity contribution in [3.8, 4) is 0 Å². The first-order valence-corrected chi connectivity index (χ1v) is 9.87. The summed E-state index contributed by atoms with van der Waals surface area (Å²) in [7, 11) is 0. The van der Waals surface area contributed by atoms with Crippen LogP contribution in [0.2, 0.25) is 0 Å². The molecular weight excluding hydrogens is 344 g/mol. The van der Waals surface area contributed by atoms with Crippen LogP contribution in [0.5, 0.6) is 0 Å². The third kappa shape index (κ3) is 5.20. The Kier molecular flexibility index (Phi) is 6.68. The maximum Gasteiger partial charge on any atom is 0.319 e. The van der Waals surface area contributed by atoms with Gasteiger partial charge in [-0.15, -0.1) is 0 Å². The second-order valence-corrected chi connectivity index (χ2v) is 7.55. The zero-order chi connectivity index (χ0) is 19.2. The number of urea groups is 1. The molecule has 7 nitrogen and oxygen atoms in total. The maximum absolute atomic E-state index is 12.2. The van der Waals surface area contributed by atoms with Crippen molar-refractivity contribution in [2.45, 2.75) is 38.6 Å². The fourth-order valence-corrected chi connectivity index (χ4v) is 3.86. The van der Waals surface area contributed by atoms with E-state index in [1.165, 1.54) is 0 Å². The fraction of sp³-hybridized carbons (Fsp3) is 0.600. The Morgan fingerprint density at radius 3 is 2.70 bits per heavy atom. The lowest BCUT2D eigenvalue weighted by atomic mass is 9.98. The van der Waals surface area contributed by atoms with Crippen molar-refractivity contribution in [1.29, 1.82) is 0 Å². The molecule has 2 aliphatic rings. The summed E-state index contributed by atoms with van der Waals surface area (Å²) in [4.78, 5) is 28.3. The SMILES string of the molecule is CC1CCC(=O)N1c1cccc(NC(=O)NCCN2CCC(CO)CC2)c1. The molecule has 0 aliphatic carbocycles. The summed E-state index contributed by atoms with van der Waals surface area (Å²) in [5, 5.41) is 14.9. The minimum atomic E-state index is -0.238. The number of carbonyl (C=O) groups is 2. The van der Waals surface area contributed by atoms with Crippen LogP contribution in [-0.4, -0.2) is 60.8 Å². The minimum absolute atomic E-state index is 0.133. The predicted molar refractivity (Wildman–Crippen MR) is 106 cm³/mol. The Bertz CT molecular complexity index is 658. The van der Waals surface area contributed by atoms with Crippen molar-refractivity contribution in [1.82, 2.24) is 10.2 Å². The molecule has 148 valence electrons. The maximum atomic E-state index is 12.2. The van der Waals surface area contributed by atoms with Gasteiger partial charge >= 0.3 is 6.03 Å². The highest BCUT2D eigenvalue weighted by Gasteiger charge is 2.28. The number of nitrogens with zero attached hydrogens (tertiary/aromatic N) is 2. The number of hydrogen-bond acceptors (Lipinski definition) is 4. The summed E-state index contributed by atoms with van der Waals surface area (Å²) in [6.07, 6.45) is 3.48. The lowest BCUT2D eigenvalue weighted by Gasteiger charge is -2.30. The van der Waals surface area contributed by atoms with E-state index in [9.17, 15) is 14.7 Å². The molecular formula is C20H30N4O3. The Morgan fingerprint density at radius 2 is 2.04 bits per heavy atom. The van der Waals surface area contributed by atoms with Crippen molar-refractivity contribution in [3.05, 3.63) is 24.3 Å². The molecule has 1 atom stereocenters. The van der Waals surface area contributed by atoms with Gasteiger partial charge in [-0.2, -0.15) is 0 Å². The van der Waals surface area contributed by atoms with Gasteiger partial charge in [0.05, 0.1) is 0 Å². The van der Waals surface area contributed by atoms with Crippen LogP contribution in [0.3, 0.4) is 0 Å². The van der Waals surface area contributed by atoms with Crippen LogP contribution < -0.4 is 15.5 Å². The van der Waals surface area contributed by atoms with Crippen molar-refractivity contribution < 1.29 is 14.7 Å². The molecule has 0 bridgehead atoms. The fourth-order valence-electron chi connectivity index (χ4n) is 3.86. The Hall–Kier alpha value is -2.12. The molecule has 1 aromatic rings. The summed E-state index contributed by atoms with van der Waals surface area (Å²) in [5.74, 6) is 0.559. The van der Waals surface area contributed by atoms with E-state index in [0.717, 1.165) is 44.6 Å². The first kappa shape index (κ1) is 19.6. The minimum Gasteiger partial charge on any atom is -0.396 e. The first-order valence-electron chi connectivity index (χ1n) is 9.87. The number of benzene rings is 1. The highest BCUT2D eigenvalue weighted by atomic mass is 16.3. The smallest absolute Gasteiger partial charge is 0.319 e. The number of piperidine rings is 1. The van der Waals surface area contributed by atoms with Crippen molar-refractivity contribution in [2.75, 3.05) is 43.0 Å². The number of amides is 3. The predicted octanol–water partition coefficient (Wildman–Crippen LogP) is 2.03. The van der Waals surface area contributed by atoms with Crippen molar-refractivity contribution in [2.24, 2.45) is 5.92 Å². The summed E-state index contributed by atoms with van der Waals surface area (Å²) >= 11 is 0. The van der Waals surface area contributed by atoms with Gasteiger partial charge in [-0.25, -0.2) is 4.79 Å². The molecule has 3 rings (SSSR count). The highest BCUT2D eigenvalue weighted by molar-refractivity contribution is 5.97. The van der Waals surface area contributed by atoms with E-state index in [1.54, 1.807) is 4.90 Å². The van der Waals surface area contributed by atoms with Gasteiger partial charge in [0.15, 0.2) is 0 Å². The Labute approximate surface area is 160 Å². The van der Waals surface area contributed by atoms with E-state index in [1.807, 2.05) is 31.2 Å². The van der Waals surface area contributed by atoms with Crippen LogP contribution in [-0.2, 0) is 4.79 Å². The van der Waals surface area contributed by atoms with E-state index in [0.29, 0.717) is 24.6 Å². The van der Waals surface area contributed by atoms with Gasteiger partial charge in [-0.1, -0.05) is 6.07 Å². The van der Waals surface area contributed by atoms with Gasteiger partial charge in [0.25, 0.3) is 0 Å². The number of nitrogens with one attached hydrogen (secondary N) is 2. The normalized spacial score (nSPS) is 21.5. The molecule has 0 saturated carbocycles. The van der Waals surface area contributed by atoms with Crippen LogP contribution in [0.4, 0.5) is 16.2 Å². The first-order chi connectivity index (χ1) is 13.1. The number of aliphatic hydroxyl groups excluding tert-OH is 1. The summed E-state index contributed by atoms with van der Waals surface area (Å²) in [6, 6.07) is 7.38. The van der Waals surface area contributed by atoms with Crippen LogP contribution in [0.1, 0.15) is 32.6 Å². The highest BCUT2D eigenvalue weighted by Crippen LogP contribution is 2.28. The molecule has 7 heteroatoms. The standard InChI is InChI=1S/C20H30N4O3/c1-15-5-6-19(26)24(15)18-4-2-3-17(13-18)22-20(27)21-9-12-23-10-7-16(14-25)8-11-23/h2-4,13,15-16,25H,5-12,14H2,1H3,(H2,21,22,27). The van der Waals surface area contributed by atoms with E-state index < -0.39 is 0 Å². The molecule has 1 unspecified atom stereocenters. The molecule has 0 spiro atoms. The largest absolute Gasteiger partial charge is 0.396 e. The van der Waals surface area contributed by atoms with Gasteiger partial charge in [0.2, 0.25) is 5.91 Å². The zero-order valence-corrected chi connectivity index (χ0v) is 16.0. The molecule has 0 aromatic heterocycles. The molecule has 2 saturated heterocycles. The monoisotopic (exact) mass is 374 g/mol. The van der Waals surface area contributed by atoms with Crippen LogP contribution >= 0.6 is 0 Å². The molecule has 3 amide bonds. The Morgan fingerprint density at radius 1 is 1.26 bits per heavy atom. The molecule has 2 heterocycles. The van der Waals surface area contributed by atoms with Gasteiger partial charge in [-0.05, 0) is 63.4 Å². The van der Waals surface area contributed by atoms with Crippen LogP contribution in [0, 0.1) is 5.92 Å². The van der Waals surface area contributed by atoms with E-state index in [-0.39, 0.29) is 24.6 Å². The number of anilines is 2. The summed E-state index contributed by atoms with van der Waals surface area (Å²) in [6.45, 7) is 5.65. The third-order valence-electron chi connectivity index (χ3n) is 5.55. The number of carbonyl (C=O) groups excluding carboxylic acids is 2. The quantitative estimate of drug-likeness (QED) is 0.711. The van der Waals surface area contributed by atoms with Crippen LogP contribution in [0.25, 0.3) is 0 Å². The number of rotatable bonds is 6. The average molecular weight is 374 g/mol. The average Bonchev–Trinajstić information content (AvgIpc) is 3.01. The van der Waals surface area contributed by atoms with Crippen molar-refractivity contribution in [3.63, 3.8) is 0 Å². The molecule has 3 N–H and O–H groups in total. The number of aliphatic hydroxyl groups is 1. The summed E-state index contributed by atoms with van der Waals surface area (Å²) < 4.78 is 0. The molecule has 0 radical (unpaired) electrons. The second kappa shape index (κ2) is 9.19. The lowest BCUT2D eigenvalue weighted by Crippen LogP contribution is -2.41. The van der Waals surface area contributed by atoms with Gasteiger partial charge in [0, 0.05) is 43.5 Å². The lowest BCUT2D eigenvalue weighted by molar-refractivity contribution is -0.117. The molecule has 2 aliphatic heterocycles. The second-order valence-electron chi connectivity index (χ2n) is 7.55. The zero-order valence-electron chi connectivity index (χ0n) is 16.0. The number of hydrogen-bond donors (Lipinski definition) is 3. The van der Waals surface area contributed by atoms with E-state index >= 15 is 0 Å². The van der Waals surface area contributed by atoms with Gasteiger partial charge in [-0.3, -0.25) is 4.79 Å². The molecule has 2 fully saturated rings. The number of likely N-dealkylation sites (tertiary alicyclic amines) is 1. The van der Waals surface area contributed by atoms with Crippen LogP contribution in [0.15, 0.2) is 24.3 Å². The van der Waals surface area contributed by atoms with E-state index in [2.05, 4.69) is 15.5 Å².